The third kappa shape index (κ3) is 1.26. The van der Waals surface area contributed by atoms with Crippen LogP contribution in [0, 0.1) is 0 Å². The molecule has 0 fully saturated rings. The maximum Gasteiger partial charge on any atom is 0.176 e. The van der Waals surface area contributed by atoms with Crippen LogP contribution in [0.15, 0.2) is 18.2 Å². The summed E-state index contributed by atoms with van der Waals surface area (Å²) in [6, 6.07) is 5.60. The number of hydrogen-bond donors (Lipinski definition) is 0. The van der Waals surface area contributed by atoms with Gasteiger partial charge in [-0.05, 0) is 12.1 Å². The van der Waals surface area contributed by atoms with Gasteiger partial charge in [-0.15, -0.1) is 0 Å². The van der Waals surface area contributed by atoms with Crippen molar-refractivity contribution in [2.75, 3.05) is 7.11 Å². The summed E-state index contributed by atoms with van der Waals surface area (Å²) in [5.74, 6) is 0. The second-order valence-corrected chi connectivity index (χ2v) is 3.72. The SMILES string of the molecule is COc1cc2nc(Cl)ccc2s1. The van der Waals surface area contributed by atoms with Gasteiger partial charge in [-0.1, -0.05) is 22.9 Å². The van der Waals surface area contributed by atoms with Crippen LogP contribution in [0.25, 0.3) is 10.2 Å². The highest BCUT2D eigenvalue weighted by Crippen LogP contribution is 2.30. The van der Waals surface area contributed by atoms with Gasteiger partial charge in [0.15, 0.2) is 5.06 Å². The Labute approximate surface area is 78.8 Å². The van der Waals surface area contributed by atoms with Crippen LogP contribution in [-0.2, 0) is 0 Å². The van der Waals surface area contributed by atoms with Gasteiger partial charge in [0.05, 0.1) is 17.3 Å². The van der Waals surface area contributed by atoms with Gasteiger partial charge in [0.1, 0.15) is 5.15 Å². The first-order valence-electron chi connectivity index (χ1n) is 3.39. The zero-order valence-electron chi connectivity index (χ0n) is 6.37. The summed E-state index contributed by atoms with van der Waals surface area (Å²) in [5, 5.41) is 1.38. The molecule has 0 N–H and O–H groups in total. The largest absolute Gasteiger partial charge is 0.487 e. The number of hydrogen-bond acceptors (Lipinski definition) is 3. The summed E-state index contributed by atoms with van der Waals surface area (Å²) >= 11 is 7.29. The molecule has 4 heteroatoms. The van der Waals surface area contributed by atoms with Gasteiger partial charge in [-0.2, -0.15) is 0 Å². The number of thiophene rings is 1. The Morgan fingerprint density at radius 2 is 2.33 bits per heavy atom. The summed E-state index contributed by atoms with van der Waals surface area (Å²) in [5.41, 5.74) is 0.893. The zero-order chi connectivity index (χ0) is 8.55. The maximum absolute atomic E-state index is 5.72. The highest BCUT2D eigenvalue weighted by atomic mass is 35.5. The Kier molecular flexibility index (Phi) is 1.90. The second-order valence-electron chi connectivity index (χ2n) is 2.29. The Bertz CT molecular complexity index is 412. The number of rotatable bonds is 1. The lowest BCUT2D eigenvalue weighted by Crippen LogP contribution is -1.74. The van der Waals surface area contributed by atoms with Crippen LogP contribution in [-0.4, -0.2) is 12.1 Å². The van der Waals surface area contributed by atoms with E-state index in [2.05, 4.69) is 4.98 Å². The molecule has 0 unspecified atom stereocenters. The molecule has 0 atom stereocenters. The third-order valence-corrected chi connectivity index (χ3v) is 2.78. The Hall–Kier alpha value is -0.800. The fraction of sp³-hybridized carbons (Fsp3) is 0.125. The number of nitrogens with zero attached hydrogens (tertiary/aromatic N) is 1. The first-order valence-corrected chi connectivity index (χ1v) is 4.59. The first kappa shape index (κ1) is 7.83. The first-order chi connectivity index (χ1) is 5.79. The lowest BCUT2D eigenvalue weighted by molar-refractivity contribution is 0.427. The molecule has 0 radical (unpaired) electrons. The molecule has 2 heterocycles. The van der Waals surface area contributed by atoms with Gasteiger partial charge in [0, 0.05) is 6.07 Å². The van der Waals surface area contributed by atoms with Gasteiger partial charge < -0.3 is 4.74 Å². The van der Waals surface area contributed by atoms with Crippen molar-refractivity contribution in [2.45, 2.75) is 0 Å². The van der Waals surface area contributed by atoms with Crippen molar-refractivity contribution >= 4 is 33.2 Å². The molecule has 2 aromatic heterocycles. The molecule has 12 heavy (non-hydrogen) atoms. The molecule has 0 amide bonds. The van der Waals surface area contributed by atoms with Crippen LogP contribution < -0.4 is 4.74 Å². The third-order valence-electron chi connectivity index (χ3n) is 1.52. The highest BCUT2D eigenvalue weighted by molar-refractivity contribution is 7.20. The minimum absolute atomic E-state index is 0.517. The maximum atomic E-state index is 5.72. The van der Waals surface area contributed by atoms with Crippen LogP contribution >= 0.6 is 22.9 Å². The van der Waals surface area contributed by atoms with E-state index in [4.69, 9.17) is 16.3 Å². The molecule has 2 aromatic rings. The molecule has 2 rings (SSSR count). The van der Waals surface area contributed by atoms with E-state index in [1.165, 1.54) is 0 Å². The predicted molar refractivity (Wildman–Crippen MR) is 51.2 cm³/mol. The molecule has 2 nitrogen and oxygen atoms in total. The average molecular weight is 200 g/mol. The lowest BCUT2D eigenvalue weighted by atomic mass is 10.4. The van der Waals surface area contributed by atoms with E-state index in [-0.39, 0.29) is 0 Å². The molecule has 0 aliphatic carbocycles. The number of ether oxygens (including phenoxy) is 1. The fourth-order valence-electron chi connectivity index (χ4n) is 0.977. The number of pyridine rings is 1. The van der Waals surface area contributed by atoms with E-state index < -0.39 is 0 Å². The summed E-state index contributed by atoms with van der Waals surface area (Å²) < 4.78 is 6.17. The van der Waals surface area contributed by atoms with Crippen LogP contribution in [0.1, 0.15) is 0 Å². The topological polar surface area (TPSA) is 22.1 Å². The van der Waals surface area contributed by atoms with E-state index in [0.29, 0.717) is 5.15 Å². The van der Waals surface area contributed by atoms with Gasteiger partial charge in [-0.25, -0.2) is 4.98 Å². The predicted octanol–water partition coefficient (Wildman–Crippen LogP) is 2.96. The Morgan fingerprint density at radius 1 is 1.50 bits per heavy atom. The smallest absolute Gasteiger partial charge is 0.176 e. The van der Waals surface area contributed by atoms with Crippen molar-refractivity contribution in [1.29, 1.82) is 0 Å². The van der Waals surface area contributed by atoms with E-state index in [1.54, 1.807) is 24.5 Å². The molecule has 0 spiro atoms. The lowest BCUT2D eigenvalue weighted by Gasteiger charge is -1.86. The average Bonchev–Trinajstić information content (AvgIpc) is 2.46. The second kappa shape index (κ2) is 2.92. The minimum atomic E-state index is 0.517. The number of halogens is 1. The van der Waals surface area contributed by atoms with E-state index in [1.807, 2.05) is 12.1 Å². The van der Waals surface area contributed by atoms with Crippen molar-refractivity contribution in [3.8, 4) is 5.06 Å². The summed E-state index contributed by atoms with van der Waals surface area (Å²) in [6.07, 6.45) is 0. The van der Waals surface area contributed by atoms with E-state index in [9.17, 15) is 0 Å². The quantitative estimate of drug-likeness (QED) is 0.659. The fourth-order valence-corrected chi connectivity index (χ4v) is 1.95. The molecule has 0 saturated heterocycles. The van der Waals surface area contributed by atoms with Gasteiger partial charge in [0.2, 0.25) is 0 Å². The molecule has 0 aromatic carbocycles. The van der Waals surface area contributed by atoms with Crippen molar-refractivity contribution in [3.63, 3.8) is 0 Å². The normalized spacial score (nSPS) is 10.5. The molecular formula is C8H6ClNOS. The molecule has 0 bridgehead atoms. The molecule has 0 aliphatic heterocycles. The standard InChI is InChI=1S/C8H6ClNOS/c1-11-8-4-5-6(12-8)2-3-7(9)10-5/h2-4H,1H3. The zero-order valence-corrected chi connectivity index (χ0v) is 7.95. The summed E-state index contributed by atoms with van der Waals surface area (Å²) in [7, 11) is 1.65. The van der Waals surface area contributed by atoms with Gasteiger partial charge in [0.25, 0.3) is 0 Å². The van der Waals surface area contributed by atoms with Crippen molar-refractivity contribution in [2.24, 2.45) is 0 Å². The number of methoxy groups -OCH3 is 1. The minimum Gasteiger partial charge on any atom is -0.487 e. The van der Waals surface area contributed by atoms with Gasteiger partial charge in [-0.3, -0.25) is 0 Å². The number of fused-ring (bicyclic) bond motifs is 1. The van der Waals surface area contributed by atoms with Gasteiger partial charge >= 0.3 is 0 Å². The molecule has 0 saturated carbocycles. The van der Waals surface area contributed by atoms with E-state index >= 15 is 0 Å². The summed E-state index contributed by atoms with van der Waals surface area (Å²) in [6.45, 7) is 0. The molecular weight excluding hydrogens is 194 g/mol. The van der Waals surface area contributed by atoms with Crippen molar-refractivity contribution < 1.29 is 4.74 Å². The highest BCUT2D eigenvalue weighted by Gasteiger charge is 2.02. The van der Waals surface area contributed by atoms with E-state index in [0.717, 1.165) is 15.3 Å². The van der Waals surface area contributed by atoms with Crippen LogP contribution in [0.4, 0.5) is 0 Å². The monoisotopic (exact) mass is 199 g/mol. The van der Waals surface area contributed by atoms with Crippen molar-refractivity contribution in [3.05, 3.63) is 23.4 Å². The summed E-state index contributed by atoms with van der Waals surface area (Å²) in [4.78, 5) is 4.14. The van der Waals surface area contributed by atoms with Crippen molar-refractivity contribution in [1.82, 2.24) is 4.98 Å². The van der Waals surface area contributed by atoms with Crippen LogP contribution in [0.2, 0.25) is 5.15 Å². The Balaban J connectivity index is 2.67. The Morgan fingerprint density at radius 3 is 3.08 bits per heavy atom. The van der Waals surface area contributed by atoms with Crippen LogP contribution in [0.5, 0.6) is 5.06 Å². The molecule has 0 aliphatic rings. The van der Waals surface area contributed by atoms with Crippen LogP contribution in [0.3, 0.4) is 0 Å². The number of aromatic nitrogens is 1. The molecule has 62 valence electrons.